The van der Waals surface area contributed by atoms with Crippen LogP contribution >= 0.6 is 27.7 Å². The molecule has 3 heteroatoms. The van der Waals surface area contributed by atoms with Gasteiger partial charge in [0.25, 0.3) is 0 Å². The molecular formula is C3H3BrNS. The van der Waals surface area contributed by atoms with Crippen LogP contribution in [0.4, 0.5) is 0 Å². The normalized spacial score (nSPS) is 21.2. The van der Waals surface area contributed by atoms with E-state index in [1.54, 1.807) is 11.8 Å². The van der Waals surface area contributed by atoms with Gasteiger partial charge in [-0.25, -0.2) is 0 Å². The summed E-state index contributed by atoms with van der Waals surface area (Å²) < 4.78 is 1.00. The van der Waals surface area contributed by atoms with Gasteiger partial charge in [-0.1, -0.05) is 11.8 Å². The summed E-state index contributed by atoms with van der Waals surface area (Å²) in [4.78, 5) is 3.98. The molecule has 0 fully saturated rings. The second-order valence-electron chi connectivity index (χ2n) is 0.878. The summed E-state index contributed by atoms with van der Waals surface area (Å²) in [6.07, 6.45) is 0. The predicted octanol–water partition coefficient (Wildman–Crippen LogP) is 1.65. The third-order valence-electron chi connectivity index (χ3n) is 0.471. The molecule has 0 aromatic carbocycles. The van der Waals surface area contributed by atoms with Gasteiger partial charge < -0.3 is 0 Å². The van der Waals surface area contributed by atoms with Crippen LogP contribution in [0.5, 0.6) is 0 Å². The van der Waals surface area contributed by atoms with Gasteiger partial charge >= 0.3 is 0 Å². The average Bonchev–Trinajstić information content (AvgIpc) is 1.86. The van der Waals surface area contributed by atoms with Crippen molar-refractivity contribution < 1.29 is 0 Å². The highest BCUT2D eigenvalue weighted by Crippen LogP contribution is 2.19. The van der Waals surface area contributed by atoms with E-state index < -0.39 is 0 Å². The van der Waals surface area contributed by atoms with E-state index in [4.69, 9.17) is 0 Å². The SMILES string of the molecule is BrC1=NC[CH]S1. The van der Waals surface area contributed by atoms with Gasteiger partial charge in [0.2, 0.25) is 0 Å². The minimum absolute atomic E-state index is 0.866. The van der Waals surface area contributed by atoms with Crippen molar-refractivity contribution >= 4 is 31.6 Å². The molecule has 0 atom stereocenters. The van der Waals surface area contributed by atoms with E-state index in [0.717, 1.165) is 10.5 Å². The lowest BCUT2D eigenvalue weighted by Crippen LogP contribution is -1.60. The van der Waals surface area contributed by atoms with Crippen molar-refractivity contribution in [2.24, 2.45) is 4.99 Å². The monoisotopic (exact) mass is 164 g/mol. The zero-order valence-electron chi connectivity index (χ0n) is 3.02. The summed E-state index contributed by atoms with van der Waals surface area (Å²) in [6, 6.07) is 0. The first-order valence-corrected chi connectivity index (χ1v) is 3.25. The van der Waals surface area contributed by atoms with Gasteiger partial charge in [0, 0.05) is 5.75 Å². The van der Waals surface area contributed by atoms with Gasteiger partial charge in [0.1, 0.15) is 3.95 Å². The first-order valence-electron chi connectivity index (χ1n) is 1.58. The van der Waals surface area contributed by atoms with Crippen LogP contribution in [0, 0.1) is 5.75 Å². The highest BCUT2D eigenvalue weighted by Gasteiger charge is 1.99. The van der Waals surface area contributed by atoms with Crippen LogP contribution in [0.2, 0.25) is 0 Å². The number of aliphatic imine (C=N–C) groups is 1. The average molecular weight is 165 g/mol. The first kappa shape index (κ1) is 4.65. The Bertz CT molecular complexity index is 80.9. The van der Waals surface area contributed by atoms with E-state index in [9.17, 15) is 0 Å². The maximum atomic E-state index is 3.98. The third kappa shape index (κ3) is 0.980. The van der Waals surface area contributed by atoms with Crippen molar-refractivity contribution in [3.05, 3.63) is 5.75 Å². The maximum absolute atomic E-state index is 3.98. The summed E-state index contributed by atoms with van der Waals surface area (Å²) in [5, 5.41) is 0. The first-order chi connectivity index (χ1) is 2.89. The molecule has 1 rings (SSSR count). The standard InChI is InChI=1S/C3H3BrNS/c4-3-5-1-2-6-3/h2H,1H2. The van der Waals surface area contributed by atoms with E-state index in [2.05, 4.69) is 20.9 Å². The number of hydrogen-bond donors (Lipinski definition) is 0. The molecule has 33 valence electrons. The lowest BCUT2D eigenvalue weighted by Gasteiger charge is -1.73. The second kappa shape index (κ2) is 1.98. The fraction of sp³-hybridized carbons (Fsp3) is 0.333. The molecule has 1 radical (unpaired) electrons. The maximum Gasteiger partial charge on any atom is 0.134 e. The summed E-state index contributed by atoms with van der Waals surface area (Å²) in [5.41, 5.74) is 0. The van der Waals surface area contributed by atoms with Crippen LogP contribution in [-0.2, 0) is 0 Å². The quantitative estimate of drug-likeness (QED) is 0.531. The Hall–Kier alpha value is 0.500. The molecule has 0 aromatic heterocycles. The van der Waals surface area contributed by atoms with Crippen LogP contribution in [-0.4, -0.2) is 10.5 Å². The van der Waals surface area contributed by atoms with Gasteiger partial charge in [-0.15, -0.1) is 0 Å². The van der Waals surface area contributed by atoms with Crippen molar-refractivity contribution in [3.8, 4) is 0 Å². The molecule has 1 aliphatic rings. The zero-order valence-corrected chi connectivity index (χ0v) is 5.42. The van der Waals surface area contributed by atoms with Gasteiger partial charge in [-0.05, 0) is 15.9 Å². The number of hydrogen-bond acceptors (Lipinski definition) is 2. The molecule has 0 saturated heterocycles. The Labute approximate surface area is 49.3 Å². The predicted molar refractivity (Wildman–Crippen MR) is 33.1 cm³/mol. The fourth-order valence-electron chi connectivity index (χ4n) is 0.252. The van der Waals surface area contributed by atoms with Gasteiger partial charge in [-0.2, -0.15) is 0 Å². The topological polar surface area (TPSA) is 12.4 Å². The molecule has 0 unspecified atom stereocenters. The summed E-state index contributed by atoms with van der Waals surface area (Å²) in [5.74, 6) is 2.05. The van der Waals surface area contributed by atoms with Crippen LogP contribution < -0.4 is 0 Å². The van der Waals surface area contributed by atoms with Crippen molar-refractivity contribution in [3.63, 3.8) is 0 Å². The summed E-state index contributed by atoms with van der Waals surface area (Å²) in [6.45, 7) is 0.866. The van der Waals surface area contributed by atoms with Gasteiger partial charge in [0.15, 0.2) is 0 Å². The van der Waals surface area contributed by atoms with E-state index in [1.165, 1.54) is 0 Å². The lowest BCUT2D eigenvalue weighted by atomic mass is 10.8. The Morgan fingerprint density at radius 1 is 2.00 bits per heavy atom. The van der Waals surface area contributed by atoms with Crippen LogP contribution in [0.15, 0.2) is 4.99 Å². The lowest BCUT2D eigenvalue weighted by molar-refractivity contribution is 1.26. The molecule has 1 aliphatic heterocycles. The van der Waals surface area contributed by atoms with Gasteiger partial charge in [-0.3, -0.25) is 4.99 Å². The molecule has 0 aromatic rings. The molecule has 0 amide bonds. The molecule has 0 bridgehead atoms. The van der Waals surface area contributed by atoms with Crippen LogP contribution in [0.3, 0.4) is 0 Å². The molecular weight excluding hydrogens is 162 g/mol. The minimum atomic E-state index is 0.866. The molecule has 1 nitrogen and oxygen atoms in total. The Kier molecular flexibility index (Phi) is 1.54. The molecule has 6 heavy (non-hydrogen) atoms. The van der Waals surface area contributed by atoms with Crippen LogP contribution in [0.25, 0.3) is 0 Å². The van der Waals surface area contributed by atoms with Gasteiger partial charge in [0.05, 0.1) is 6.54 Å². The Morgan fingerprint density at radius 3 is 3.00 bits per heavy atom. The number of nitrogens with zero attached hydrogens (tertiary/aromatic N) is 1. The Morgan fingerprint density at radius 2 is 2.83 bits per heavy atom. The summed E-state index contributed by atoms with van der Waals surface area (Å²) >= 11 is 4.86. The molecule has 0 saturated carbocycles. The highest BCUT2D eigenvalue weighted by atomic mass is 79.9. The number of halogens is 1. The van der Waals surface area contributed by atoms with E-state index in [1.807, 2.05) is 5.75 Å². The molecule has 0 spiro atoms. The third-order valence-corrected chi connectivity index (χ3v) is 1.92. The molecule has 0 N–H and O–H groups in total. The van der Waals surface area contributed by atoms with Crippen molar-refractivity contribution in [1.29, 1.82) is 0 Å². The number of rotatable bonds is 0. The van der Waals surface area contributed by atoms with E-state index >= 15 is 0 Å². The van der Waals surface area contributed by atoms with Crippen molar-refractivity contribution in [2.75, 3.05) is 6.54 Å². The van der Waals surface area contributed by atoms with Crippen molar-refractivity contribution in [1.82, 2.24) is 0 Å². The summed E-state index contributed by atoms with van der Waals surface area (Å²) in [7, 11) is 0. The zero-order chi connectivity index (χ0) is 4.41. The minimum Gasteiger partial charge on any atom is -0.270 e. The number of thioether (sulfide) groups is 1. The van der Waals surface area contributed by atoms with E-state index in [0.29, 0.717) is 0 Å². The highest BCUT2D eigenvalue weighted by molar-refractivity contribution is 9.22. The smallest absolute Gasteiger partial charge is 0.134 e. The van der Waals surface area contributed by atoms with E-state index in [-0.39, 0.29) is 0 Å². The van der Waals surface area contributed by atoms with Crippen molar-refractivity contribution in [2.45, 2.75) is 0 Å². The second-order valence-corrected chi connectivity index (χ2v) is 3.11. The molecule has 0 aliphatic carbocycles. The molecule has 1 heterocycles. The Balaban J connectivity index is 2.45. The largest absolute Gasteiger partial charge is 0.270 e. The fourth-order valence-corrected chi connectivity index (χ4v) is 1.23. The van der Waals surface area contributed by atoms with Crippen LogP contribution in [0.1, 0.15) is 0 Å².